The average molecular weight is 336 g/mol. The Hall–Kier alpha value is -1.49. The lowest BCUT2D eigenvalue weighted by Gasteiger charge is -2.18. The minimum Gasteiger partial charge on any atom is -0.275 e. The van der Waals surface area contributed by atoms with Crippen LogP contribution in [-0.4, -0.2) is 31.6 Å². The first-order chi connectivity index (χ1) is 10.5. The zero-order valence-electron chi connectivity index (χ0n) is 11.9. The molecule has 1 aliphatic heterocycles. The topological polar surface area (TPSA) is 66.5 Å². The Labute approximate surface area is 132 Å². The van der Waals surface area contributed by atoms with Crippen molar-refractivity contribution in [1.82, 2.24) is 9.39 Å². The number of sulfonamides is 1. The van der Waals surface area contributed by atoms with Gasteiger partial charge < -0.3 is 0 Å². The van der Waals surface area contributed by atoms with E-state index < -0.39 is 22.0 Å². The summed E-state index contributed by atoms with van der Waals surface area (Å²) in [4.78, 5) is 12.3. The van der Waals surface area contributed by atoms with Gasteiger partial charge in [0.15, 0.2) is 0 Å². The SMILES string of the molecule is O=C(NS(=O)(=O)c1ccc2ccccc2c1)[C@@H]1CCCN1P. The van der Waals surface area contributed by atoms with Crippen LogP contribution in [0.5, 0.6) is 0 Å². The van der Waals surface area contributed by atoms with Gasteiger partial charge in [0.05, 0.1) is 10.9 Å². The molecule has 2 aromatic rings. The van der Waals surface area contributed by atoms with Gasteiger partial charge in [-0.15, -0.1) is 0 Å². The van der Waals surface area contributed by atoms with Crippen molar-refractivity contribution in [3.63, 3.8) is 0 Å². The van der Waals surface area contributed by atoms with E-state index in [1.54, 1.807) is 16.8 Å². The molecule has 0 bridgehead atoms. The molecule has 1 N–H and O–H groups in total. The van der Waals surface area contributed by atoms with E-state index in [0.29, 0.717) is 6.42 Å². The minimum absolute atomic E-state index is 0.104. The van der Waals surface area contributed by atoms with Gasteiger partial charge in [0.1, 0.15) is 0 Å². The monoisotopic (exact) mass is 336 g/mol. The van der Waals surface area contributed by atoms with Crippen LogP contribution < -0.4 is 4.72 Å². The van der Waals surface area contributed by atoms with Crippen molar-refractivity contribution in [2.24, 2.45) is 0 Å². The third-order valence-corrected chi connectivity index (χ3v) is 5.83. The number of hydrogen-bond donors (Lipinski definition) is 1. The third kappa shape index (κ3) is 3.00. The molecule has 1 amide bonds. The number of fused-ring (bicyclic) bond motifs is 1. The Balaban J connectivity index is 1.86. The van der Waals surface area contributed by atoms with Crippen molar-refractivity contribution in [3.8, 4) is 0 Å². The highest BCUT2D eigenvalue weighted by molar-refractivity contribution is 7.90. The smallest absolute Gasteiger partial charge is 0.264 e. The molecule has 7 heteroatoms. The van der Waals surface area contributed by atoms with Crippen LogP contribution in [0.4, 0.5) is 0 Å². The van der Waals surface area contributed by atoms with Crippen LogP contribution in [-0.2, 0) is 14.8 Å². The lowest BCUT2D eigenvalue weighted by molar-refractivity contribution is -0.122. The lowest BCUT2D eigenvalue weighted by Crippen LogP contribution is -2.42. The van der Waals surface area contributed by atoms with Gasteiger partial charge in [0.2, 0.25) is 0 Å². The summed E-state index contributed by atoms with van der Waals surface area (Å²) in [6, 6.07) is 11.9. The molecule has 116 valence electrons. The molecule has 0 saturated carbocycles. The van der Waals surface area contributed by atoms with Crippen molar-refractivity contribution in [1.29, 1.82) is 0 Å². The van der Waals surface area contributed by atoms with E-state index in [2.05, 4.69) is 14.1 Å². The number of nitrogens with one attached hydrogen (secondary N) is 1. The van der Waals surface area contributed by atoms with Gasteiger partial charge in [-0.25, -0.2) is 13.1 Å². The van der Waals surface area contributed by atoms with Crippen LogP contribution >= 0.6 is 9.39 Å². The largest absolute Gasteiger partial charge is 0.275 e. The molecule has 2 atom stereocenters. The van der Waals surface area contributed by atoms with Crippen LogP contribution in [0.25, 0.3) is 10.8 Å². The van der Waals surface area contributed by atoms with Crippen molar-refractivity contribution in [2.45, 2.75) is 23.8 Å². The molecule has 5 nitrogen and oxygen atoms in total. The van der Waals surface area contributed by atoms with Crippen LogP contribution in [0.2, 0.25) is 0 Å². The Morgan fingerprint density at radius 3 is 2.59 bits per heavy atom. The van der Waals surface area contributed by atoms with Gasteiger partial charge in [-0.3, -0.25) is 9.46 Å². The van der Waals surface area contributed by atoms with E-state index in [4.69, 9.17) is 0 Å². The Bertz CT molecular complexity index is 822. The highest BCUT2D eigenvalue weighted by atomic mass is 32.2. The van der Waals surface area contributed by atoms with Gasteiger partial charge in [0.25, 0.3) is 15.9 Å². The minimum atomic E-state index is -3.85. The number of hydrogen-bond acceptors (Lipinski definition) is 4. The molecule has 22 heavy (non-hydrogen) atoms. The van der Waals surface area contributed by atoms with Crippen LogP contribution in [0, 0.1) is 0 Å². The van der Waals surface area contributed by atoms with Gasteiger partial charge in [0, 0.05) is 6.54 Å². The van der Waals surface area contributed by atoms with E-state index in [1.807, 2.05) is 24.3 Å². The standard InChI is InChI=1S/C15H17N2O3PS/c18-15(14-6-3-9-17(14)21)16-22(19,20)13-8-7-11-4-1-2-5-12(11)10-13/h1-2,4-5,7-8,10,14H,3,6,9,21H2,(H,16,18)/t14-/m0/s1. The second kappa shape index (κ2) is 5.95. The van der Waals surface area contributed by atoms with Gasteiger partial charge in [-0.1, -0.05) is 39.7 Å². The second-order valence-corrected chi connectivity index (χ2v) is 7.72. The van der Waals surface area contributed by atoms with Crippen molar-refractivity contribution < 1.29 is 13.2 Å². The molecule has 0 spiro atoms. The molecule has 0 aliphatic carbocycles. The summed E-state index contributed by atoms with van der Waals surface area (Å²) in [5, 5.41) is 1.78. The number of benzene rings is 2. The van der Waals surface area contributed by atoms with Crippen molar-refractivity contribution >= 4 is 36.1 Å². The number of carbonyl (C=O) groups is 1. The zero-order chi connectivity index (χ0) is 15.7. The van der Waals surface area contributed by atoms with Gasteiger partial charge >= 0.3 is 0 Å². The van der Waals surface area contributed by atoms with Crippen LogP contribution in [0.3, 0.4) is 0 Å². The Morgan fingerprint density at radius 2 is 1.91 bits per heavy atom. The fourth-order valence-electron chi connectivity index (χ4n) is 2.66. The predicted molar refractivity (Wildman–Crippen MR) is 88.7 cm³/mol. The summed E-state index contributed by atoms with van der Waals surface area (Å²) >= 11 is 0. The molecule has 1 fully saturated rings. The summed E-state index contributed by atoms with van der Waals surface area (Å²) in [5.74, 6) is -0.472. The molecule has 3 rings (SSSR count). The number of rotatable bonds is 3. The van der Waals surface area contributed by atoms with E-state index in [-0.39, 0.29) is 4.90 Å². The van der Waals surface area contributed by atoms with Crippen molar-refractivity contribution in [3.05, 3.63) is 42.5 Å². The molecule has 1 saturated heterocycles. The lowest BCUT2D eigenvalue weighted by atomic mass is 10.1. The quantitative estimate of drug-likeness (QED) is 0.870. The maximum atomic E-state index is 12.4. The highest BCUT2D eigenvalue weighted by Gasteiger charge is 2.31. The Kier molecular flexibility index (Phi) is 4.17. The van der Waals surface area contributed by atoms with Crippen molar-refractivity contribution in [2.75, 3.05) is 6.54 Å². The molecule has 2 aromatic carbocycles. The van der Waals surface area contributed by atoms with Crippen LogP contribution in [0.15, 0.2) is 47.4 Å². The number of carbonyl (C=O) groups excluding carboxylic acids is 1. The molecule has 1 unspecified atom stereocenters. The van der Waals surface area contributed by atoms with Gasteiger partial charge in [-0.05, 0) is 35.7 Å². The maximum absolute atomic E-state index is 12.4. The number of amides is 1. The fourth-order valence-corrected chi connectivity index (χ4v) is 4.18. The maximum Gasteiger partial charge on any atom is 0.264 e. The zero-order valence-corrected chi connectivity index (χ0v) is 13.9. The first kappa shape index (κ1) is 15.4. The number of nitrogens with zero attached hydrogens (tertiary/aromatic N) is 1. The summed E-state index contributed by atoms with van der Waals surface area (Å²) in [7, 11) is -1.37. The molecular formula is C15H17N2O3PS. The van der Waals surface area contributed by atoms with E-state index in [9.17, 15) is 13.2 Å². The van der Waals surface area contributed by atoms with E-state index in [0.717, 1.165) is 23.7 Å². The first-order valence-electron chi connectivity index (χ1n) is 7.04. The third-order valence-electron chi connectivity index (χ3n) is 3.86. The highest BCUT2D eigenvalue weighted by Crippen LogP contribution is 2.22. The fraction of sp³-hybridized carbons (Fsp3) is 0.267. The average Bonchev–Trinajstić information content (AvgIpc) is 2.92. The Morgan fingerprint density at radius 1 is 1.18 bits per heavy atom. The molecule has 0 aromatic heterocycles. The second-order valence-electron chi connectivity index (χ2n) is 5.37. The predicted octanol–water partition coefficient (Wildman–Crippen LogP) is 1.90. The van der Waals surface area contributed by atoms with Crippen LogP contribution in [0.1, 0.15) is 12.8 Å². The van der Waals surface area contributed by atoms with E-state index >= 15 is 0 Å². The summed E-state index contributed by atoms with van der Waals surface area (Å²) in [5.41, 5.74) is 0. The molecule has 1 aliphatic rings. The molecular weight excluding hydrogens is 319 g/mol. The molecule has 1 heterocycles. The van der Waals surface area contributed by atoms with E-state index in [1.165, 1.54) is 6.07 Å². The summed E-state index contributed by atoms with van der Waals surface area (Å²) in [6.45, 7) is 0.777. The first-order valence-corrected chi connectivity index (χ1v) is 9.04. The summed E-state index contributed by atoms with van der Waals surface area (Å²) in [6.07, 6.45) is 1.56. The molecule has 0 radical (unpaired) electrons. The summed E-state index contributed by atoms with van der Waals surface area (Å²) < 4.78 is 28.8. The normalized spacial score (nSPS) is 19.4. The van der Waals surface area contributed by atoms with Gasteiger partial charge in [-0.2, -0.15) is 0 Å².